The molecule has 110 valence electrons. The van der Waals surface area contributed by atoms with Gasteiger partial charge >= 0.3 is 0 Å². The van der Waals surface area contributed by atoms with E-state index in [1.54, 1.807) is 0 Å². The molecular formula is C15H21ClN2O2. The van der Waals surface area contributed by atoms with Crippen molar-refractivity contribution in [2.24, 2.45) is 0 Å². The summed E-state index contributed by atoms with van der Waals surface area (Å²) in [4.78, 5) is 22.8. The highest BCUT2D eigenvalue weighted by molar-refractivity contribution is 6.30. The lowest BCUT2D eigenvalue weighted by atomic mass is 10.1. The summed E-state index contributed by atoms with van der Waals surface area (Å²) in [6.45, 7) is 2.90. The molecular weight excluding hydrogens is 276 g/mol. The number of nitrogens with one attached hydrogen (secondary N) is 2. The van der Waals surface area contributed by atoms with Gasteiger partial charge in [-0.25, -0.2) is 0 Å². The highest BCUT2D eigenvalue weighted by Crippen LogP contribution is 2.10. The Balaban J connectivity index is 2.11. The summed E-state index contributed by atoms with van der Waals surface area (Å²) in [6, 6.07) is 7.47. The normalized spacial score (nSPS) is 10.1. The Bertz CT molecular complexity index is 432. The van der Waals surface area contributed by atoms with E-state index < -0.39 is 0 Å². The first-order valence-corrected chi connectivity index (χ1v) is 7.27. The fourth-order valence-corrected chi connectivity index (χ4v) is 1.84. The van der Waals surface area contributed by atoms with E-state index in [1.807, 2.05) is 31.2 Å². The lowest BCUT2D eigenvalue weighted by Crippen LogP contribution is -2.34. The number of carbonyl (C=O) groups is 2. The summed E-state index contributed by atoms with van der Waals surface area (Å²) in [5, 5.41) is 6.23. The van der Waals surface area contributed by atoms with Gasteiger partial charge in [0.05, 0.1) is 0 Å². The van der Waals surface area contributed by atoms with Crippen molar-refractivity contribution in [2.75, 3.05) is 13.1 Å². The number of halogens is 1. The number of hydrogen-bond donors (Lipinski definition) is 2. The monoisotopic (exact) mass is 296 g/mol. The van der Waals surface area contributed by atoms with E-state index in [1.165, 1.54) is 0 Å². The maximum Gasteiger partial charge on any atom is 0.220 e. The lowest BCUT2D eigenvalue weighted by molar-refractivity contribution is -0.122. The highest BCUT2D eigenvalue weighted by atomic mass is 35.5. The molecule has 0 aromatic heterocycles. The Labute approximate surface area is 124 Å². The van der Waals surface area contributed by atoms with Crippen LogP contribution in [-0.2, 0) is 16.0 Å². The number of benzene rings is 1. The van der Waals surface area contributed by atoms with Crippen LogP contribution < -0.4 is 10.6 Å². The lowest BCUT2D eigenvalue weighted by Gasteiger charge is -2.07. The molecule has 0 saturated carbocycles. The van der Waals surface area contributed by atoms with Crippen molar-refractivity contribution in [3.63, 3.8) is 0 Å². The van der Waals surface area contributed by atoms with Crippen LogP contribution in [0.2, 0.25) is 5.02 Å². The van der Waals surface area contributed by atoms with Crippen molar-refractivity contribution >= 4 is 23.4 Å². The molecule has 1 aromatic rings. The van der Waals surface area contributed by atoms with E-state index in [0.717, 1.165) is 12.0 Å². The second-order valence-corrected chi connectivity index (χ2v) is 5.01. The molecule has 4 nitrogen and oxygen atoms in total. The van der Waals surface area contributed by atoms with Crippen LogP contribution in [0, 0.1) is 0 Å². The Morgan fingerprint density at radius 1 is 1.00 bits per heavy atom. The van der Waals surface area contributed by atoms with Crippen LogP contribution in [0.25, 0.3) is 0 Å². The van der Waals surface area contributed by atoms with E-state index in [-0.39, 0.29) is 11.8 Å². The van der Waals surface area contributed by atoms with Crippen LogP contribution >= 0.6 is 11.6 Å². The molecule has 1 aromatic carbocycles. The first kappa shape index (κ1) is 16.5. The van der Waals surface area contributed by atoms with Gasteiger partial charge in [-0.05, 0) is 30.5 Å². The van der Waals surface area contributed by atoms with Gasteiger partial charge in [0, 0.05) is 31.0 Å². The second kappa shape index (κ2) is 9.37. The van der Waals surface area contributed by atoms with Gasteiger partial charge in [-0.3, -0.25) is 9.59 Å². The van der Waals surface area contributed by atoms with Crippen LogP contribution in [0.4, 0.5) is 0 Å². The molecule has 0 bridgehead atoms. The molecule has 0 fully saturated rings. The summed E-state index contributed by atoms with van der Waals surface area (Å²) >= 11 is 5.79. The second-order valence-electron chi connectivity index (χ2n) is 4.58. The smallest absolute Gasteiger partial charge is 0.220 e. The summed E-state index contributed by atoms with van der Waals surface area (Å²) < 4.78 is 0. The minimum Gasteiger partial charge on any atom is -0.354 e. The minimum atomic E-state index is -0.00955. The third-order valence-corrected chi connectivity index (χ3v) is 3.05. The van der Waals surface area contributed by atoms with Gasteiger partial charge in [0.15, 0.2) is 0 Å². The Morgan fingerprint density at radius 2 is 1.55 bits per heavy atom. The van der Waals surface area contributed by atoms with Gasteiger partial charge in [-0.2, -0.15) is 0 Å². The van der Waals surface area contributed by atoms with Gasteiger partial charge < -0.3 is 10.6 Å². The fourth-order valence-electron chi connectivity index (χ4n) is 1.72. The quantitative estimate of drug-likeness (QED) is 0.723. The van der Waals surface area contributed by atoms with Gasteiger partial charge in [0.1, 0.15) is 0 Å². The Kier molecular flexibility index (Phi) is 7.73. The molecule has 5 heteroatoms. The third-order valence-electron chi connectivity index (χ3n) is 2.80. The summed E-state index contributed by atoms with van der Waals surface area (Å²) in [5.74, 6) is 0.0209. The molecule has 20 heavy (non-hydrogen) atoms. The number of carbonyl (C=O) groups excluding carboxylic acids is 2. The number of hydrogen-bond acceptors (Lipinski definition) is 2. The average molecular weight is 297 g/mol. The maximum atomic E-state index is 11.6. The van der Waals surface area contributed by atoms with Crippen LogP contribution in [0.5, 0.6) is 0 Å². The van der Waals surface area contributed by atoms with Crippen molar-refractivity contribution in [2.45, 2.75) is 32.6 Å². The van der Waals surface area contributed by atoms with E-state index in [4.69, 9.17) is 11.6 Å². The predicted octanol–water partition coefficient (Wildman–Crippen LogP) is 2.31. The van der Waals surface area contributed by atoms with Gasteiger partial charge in [-0.15, -0.1) is 0 Å². The third kappa shape index (κ3) is 7.14. The van der Waals surface area contributed by atoms with E-state index >= 15 is 0 Å². The molecule has 2 N–H and O–H groups in total. The Morgan fingerprint density at radius 3 is 2.10 bits per heavy atom. The van der Waals surface area contributed by atoms with Crippen molar-refractivity contribution in [1.82, 2.24) is 10.6 Å². The molecule has 0 aliphatic rings. The number of aryl methyl sites for hydroxylation is 1. The van der Waals surface area contributed by atoms with Crippen molar-refractivity contribution in [1.29, 1.82) is 0 Å². The van der Waals surface area contributed by atoms with Gasteiger partial charge in [-0.1, -0.05) is 30.7 Å². The minimum absolute atomic E-state index is 0.00955. The summed E-state index contributed by atoms with van der Waals surface area (Å²) in [7, 11) is 0. The SMILES string of the molecule is CCCC(=O)NCCNC(=O)CCc1ccc(Cl)cc1. The van der Waals surface area contributed by atoms with E-state index in [9.17, 15) is 9.59 Å². The molecule has 0 saturated heterocycles. The maximum absolute atomic E-state index is 11.6. The van der Waals surface area contributed by atoms with Crippen LogP contribution in [-0.4, -0.2) is 24.9 Å². The van der Waals surface area contributed by atoms with Crippen LogP contribution in [0.1, 0.15) is 31.7 Å². The summed E-state index contributed by atoms with van der Waals surface area (Å²) in [6.07, 6.45) is 2.49. The van der Waals surface area contributed by atoms with Crippen molar-refractivity contribution in [3.8, 4) is 0 Å². The zero-order valence-electron chi connectivity index (χ0n) is 11.7. The van der Waals surface area contributed by atoms with Gasteiger partial charge in [0.2, 0.25) is 11.8 Å². The molecule has 0 atom stereocenters. The largest absolute Gasteiger partial charge is 0.354 e. The topological polar surface area (TPSA) is 58.2 Å². The van der Waals surface area contributed by atoms with E-state index in [0.29, 0.717) is 37.4 Å². The summed E-state index contributed by atoms with van der Waals surface area (Å²) in [5.41, 5.74) is 1.08. The van der Waals surface area contributed by atoms with Gasteiger partial charge in [0.25, 0.3) is 0 Å². The molecule has 0 spiro atoms. The average Bonchev–Trinajstić information content (AvgIpc) is 2.43. The van der Waals surface area contributed by atoms with Crippen LogP contribution in [0.15, 0.2) is 24.3 Å². The number of rotatable bonds is 8. The zero-order valence-corrected chi connectivity index (χ0v) is 12.5. The first-order chi connectivity index (χ1) is 9.61. The molecule has 0 unspecified atom stereocenters. The molecule has 0 radical (unpaired) electrons. The molecule has 0 aliphatic carbocycles. The fraction of sp³-hybridized carbons (Fsp3) is 0.467. The Hall–Kier alpha value is -1.55. The predicted molar refractivity (Wildman–Crippen MR) is 80.7 cm³/mol. The standard InChI is InChI=1S/C15H21ClN2O2/c1-2-3-14(19)17-10-11-18-15(20)9-6-12-4-7-13(16)8-5-12/h4-5,7-8H,2-3,6,9-11H2,1H3,(H,17,19)(H,18,20). The van der Waals surface area contributed by atoms with Crippen LogP contribution in [0.3, 0.4) is 0 Å². The molecule has 1 rings (SSSR count). The highest BCUT2D eigenvalue weighted by Gasteiger charge is 2.03. The molecule has 0 heterocycles. The van der Waals surface area contributed by atoms with Crippen molar-refractivity contribution < 1.29 is 9.59 Å². The first-order valence-electron chi connectivity index (χ1n) is 6.89. The molecule has 0 aliphatic heterocycles. The molecule has 2 amide bonds. The van der Waals surface area contributed by atoms with Crippen molar-refractivity contribution in [3.05, 3.63) is 34.9 Å². The van der Waals surface area contributed by atoms with E-state index in [2.05, 4.69) is 10.6 Å². The number of amides is 2. The zero-order chi connectivity index (χ0) is 14.8.